The lowest BCUT2D eigenvalue weighted by atomic mass is 10.2. The van der Waals surface area contributed by atoms with Crippen LogP contribution >= 0.6 is 23.1 Å². The van der Waals surface area contributed by atoms with E-state index in [1.807, 2.05) is 23.0 Å². The van der Waals surface area contributed by atoms with E-state index in [9.17, 15) is 17.6 Å². The van der Waals surface area contributed by atoms with Crippen molar-refractivity contribution in [2.45, 2.75) is 11.4 Å². The number of amides is 1. The largest absolute Gasteiger partial charge is 0.486 e. The molecule has 1 aliphatic heterocycles. The van der Waals surface area contributed by atoms with Gasteiger partial charge in [0.2, 0.25) is 0 Å². The van der Waals surface area contributed by atoms with Crippen LogP contribution in [-0.2, 0) is 21.2 Å². The van der Waals surface area contributed by atoms with Crippen LogP contribution < -0.4 is 14.3 Å². The minimum Gasteiger partial charge on any atom is -0.486 e. The van der Waals surface area contributed by atoms with Gasteiger partial charge in [-0.3, -0.25) is 4.79 Å². The fourth-order valence-corrected chi connectivity index (χ4v) is 5.67. The van der Waals surface area contributed by atoms with Crippen LogP contribution in [0.3, 0.4) is 0 Å². The molecular weight excluding hydrogens is 463 g/mol. The van der Waals surface area contributed by atoms with Gasteiger partial charge in [0.15, 0.2) is 26.1 Å². The fourth-order valence-electron chi connectivity index (χ4n) is 3.12. The molecule has 31 heavy (non-hydrogen) atoms. The van der Waals surface area contributed by atoms with Crippen LogP contribution in [0, 0.1) is 5.82 Å². The smallest absolute Gasteiger partial charge is 0.263 e. The van der Waals surface area contributed by atoms with E-state index in [0.717, 1.165) is 40.2 Å². The summed E-state index contributed by atoms with van der Waals surface area (Å²) >= 11 is 2.93. The molecule has 0 bridgehead atoms. The van der Waals surface area contributed by atoms with Gasteiger partial charge in [-0.15, -0.1) is 0 Å². The first-order chi connectivity index (χ1) is 14.9. The third-order valence-corrected chi connectivity index (χ3v) is 7.82. The standard InChI is InChI=1S/C20H19FN2O5S3/c1-29-9-6-23-15-10-16-17(28-8-7-27-16)11-18(15)30-20(23)22-19(24)12-31(25,26)14-4-2-13(21)3-5-14/h2-5,10-11H,6-9,12H2,1H3. The van der Waals surface area contributed by atoms with Gasteiger partial charge in [0.1, 0.15) is 24.8 Å². The second-order valence-electron chi connectivity index (χ2n) is 6.71. The molecule has 3 aromatic rings. The predicted molar refractivity (Wildman–Crippen MR) is 118 cm³/mol. The molecule has 1 amide bonds. The number of carbonyl (C=O) groups is 1. The minimum atomic E-state index is -3.93. The van der Waals surface area contributed by atoms with Gasteiger partial charge in [-0.05, 0) is 30.5 Å². The van der Waals surface area contributed by atoms with Gasteiger partial charge in [-0.1, -0.05) is 11.3 Å². The van der Waals surface area contributed by atoms with Gasteiger partial charge < -0.3 is 14.0 Å². The number of nitrogens with zero attached hydrogens (tertiary/aromatic N) is 2. The quantitative estimate of drug-likeness (QED) is 0.502. The van der Waals surface area contributed by atoms with Crippen LogP contribution in [0.5, 0.6) is 11.5 Å². The Kier molecular flexibility index (Phi) is 6.35. The van der Waals surface area contributed by atoms with Crippen molar-refractivity contribution in [2.75, 3.05) is 31.0 Å². The number of aromatic nitrogens is 1. The molecule has 0 saturated heterocycles. The van der Waals surface area contributed by atoms with Gasteiger partial charge in [-0.2, -0.15) is 16.8 Å². The van der Waals surface area contributed by atoms with Crippen LogP contribution in [0.2, 0.25) is 0 Å². The summed E-state index contributed by atoms with van der Waals surface area (Å²) in [6.45, 7) is 1.52. The molecule has 7 nitrogen and oxygen atoms in total. The van der Waals surface area contributed by atoms with Crippen LogP contribution in [0.15, 0.2) is 46.3 Å². The van der Waals surface area contributed by atoms with Crippen LogP contribution in [0.4, 0.5) is 4.39 Å². The number of sulfone groups is 1. The predicted octanol–water partition coefficient (Wildman–Crippen LogP) is 2.88. The van der Waals surface area contributed by atoms with Crippen molar-refractivity contribution in [3.8, 4) is 11.5 Å². The summed E-state index contributed by atoms with van der Waals surface area (Å²) in [6.07, 6.45) is 1.98. The molecule has 11 heteroatoms. The zero-order chi connectivity index (χ0) is 22.0. The summed E-state index contributed by atoms with van der Waals surface area (Å²) in [4.78, 5) is 16.9. The number of thiazole rings is 1. The van der Waals surface area contributed by atoms with E-state index in [1.54, 1.807) is 11.8 Å². The number of aryl methyl sites for hydroxylation is 1. The first-order valence-corrected chi connectivity index (χ1v) is 13.2. The summed E-state index contributed by atoms with van der Waals surface area (Å²) in [5.74, 6) is -0.0787. The molecule has 0 fully saturated rings. The molecule has 0 saturated carbocycles. The maximum atomic E-state index is 13.1. The van der Waals surface area contributed by atoms with Crippen molar-refractivity contribution in [1.29, 1.82) is 0 Å². The van der Waals surface area contributed by atoms with Gasteiger partial charge in [0, 0.05) is 24.4 Å². The van der Waals surface area contributed by atoms with E-state index < -0.39 is 27.3 Å². The Balaban J connectivity index is 1.71. The van der Waals surface area contributed by atoms with E-state index >= 15 is 0 Å². The van der Waals surface area contributed by atoms with Crippen molar-refractivity contribution >= 4 is 49.1 Å². The molecule has 2 aromatic carbocycles. The summed E-state index contributed by atoms with van der Waals surface area (Å²) in [7, 11) is -3.93. The Morgan fingerprint density at radius 1 is 1.19 bits per heavy atom. The number of thioether (sulfide) groups is 1. The fraction of sp³-hybridized carbons (Fsp3) is 0.300. The van der Waals surface area contributed by atoms with Crippen LogP contribution in [0.1, 0.15) is 0 Å². The van der Waals surface area contributed by atoms with Crippen LogP contribution in [-0.4, -0.2) is 49.9 Å². The van der Waals surface area contributed by atoms with Crippen molar-refractivity contribution in [3.63, 3.8) is 0 Å². The molecule has 164 valence electrons. The highest BCUT2D eigenvalue weighted by Gasteiger charge is 2.21. The number of benzene rings is 2. The first-order valence-electron chi connectivity index (χ1n) is 9.35. The molecule has 1 aliphatic rings. The number of hydrogen-bond donors (Lipinski definition) is 0. The molecule has 0 atom stereocenters. The van der Waals surface area contributed by atoms with Gasteiger partial charge in [-0.25, -0.2) is 12.8 Å². The minimum absolute atomic E-state index is 0.119. The maximum absolute atomic E-state index is 13.1. The van der Waals surface area contributed by atoms with Crippen molar-refractivity contribution in [1.82, 2.24) is 4.57 Å². The van der Waals surface area contributed by atoms with E-state index in [4.69, 9.17) is 9.47 Å². The number of rotatable bonds is 6. The summed E-state index contributed by atoms with van der Waals surface area (Å²) in [5, 5.41) is 0. The van der Waals surface area contributed by atoms with E-state index in [-0.39, 0.29) is 4.90 Å². The Morgan fingerprint density at radius 3 is 2.55 bits per heavy atom. The highest BCUT2D eigenvalue weighted by Crippen LogP contribution is 2.35. The third-order valence-electron chi connectivity index (χ3n) is 4.57. The first kappa shape index (κ1) is 21.8. The molecule has 1 aromatic heterocycles. The van der Waals surface area contributed by atoms with Gasteiger partial charge in [0.05, 0.1) is 15.1 Å². The lowest BCUT2D eigenvalue weighted by Gasteiger charge is -2.18. The topological polar surface area (TPSA) is 87.0 Å². The molecule has 0 spiro atoms. The second kappa shape index (κ2) is 9.01. The highest BCUT2D eigenvalue weighted by atomic mass is 32.2. The number of ether oxygens (including phenoxy) is 2. The van der Waals surface area contributed by atoms with Crippen molar-refractivity contribution < 1.29 is 27.1 Å². The average Bonchev–Trinajstić information content (AvgIpc) is 3.05. The van der Waals surface area contributed by atoms with E-state index in [2.05, 4.69) is 4.99 Å². The summed E-state index contributed by atoms with van der Waals surface area (Å²) in [5.41, 5.74) is 0.844. The Morgan fingerprint density at radius 2 is 1.87 bits per heavy atom. The Labute approximate surface area is 186 Å². The molecule has 0 radical (unpaired) electrons. The number of carbonyl (C=O) groups excluding carboxylic acids is 1. The van der Waals surface area contributed by atoms with Crippen molar-refractivity contribution in [2.24, 2.45) is 4.99 Å². The number of hydrogen-bond acceptors (Lipinski definition) is 7. The molecule has 0 N–H and O–H groups in total. The van der Waals surface area contributed by atoms with E-state index in [0.29, 0.717) is 36.1 Å². The molecular formula is C20H19FN2O5S3. The maximum Gasteiger partial charge on any atom is 0.263 e. The zero-order valence-electron chi connectivity index (χ0n) is 16.5. The van der Waals surface area contributed by atoms with Crippen LogP contribution in [0.25, 0.3) is 10.2 Å². The second-order valence-corrected chi connectivity index (χ2v) is 10.7. The lowest BCUT2D eigenvalue weighted by molar-refractivity contribution is -0.115. The zero-order valence-corrected chi connectivity index (χ0v) is 19.0. The molecule has 0 aliphatic carbocycles. The van der Waals surface area contributed by atoms with E-state index in [1.165, 1.54) is 11.3 Å². The Hall–Kier alpha value is -2.37. The third kappa shape index (κ3) is 4.78. The van der Waals surface area contributed by atoms with Gasteiger partial charge >= 0.3 is 0 Å². The lowest BCUT2D eigenvalue weighted by Crippen LogP contribution is -2.21. The SMILES string of the molecule is CSCCn1c(=NC(=O)CS(=O)(=O)c2ccc(F)cc2)sc2cc3c(cc21)OCCO3. The average molecular weight is 483 g/mol. The number of fused-ring (bicyclic) bond motifs is 2. The molecule has 2 heterocycles. The van der Waals surface area contributed by atoms with Gasteiger partial charge in [0.25, 0.3) is 5.91 Å². The summed E-state index contributed by atoms with van der Waals surface area (Å²) < 4.78 is 52.1. The normalized spacial score (nSPS) is 14.2. The number of halogens is 1. The monoisotopic (exact) mass is 482 g/mol. The van der Waals surface area contributed by atoms with Crippen molar-refractivity contribution in [3.05, 3.63) is 47.0 Å². The highest BCUT2D eigenvalue weighted by molar-refractivity contribution is 7.98. The summed E-state index contributed by atoms with van der Waals surface area (Å²) in [6, 6.07) is 8.08. The molecule has 4 rings (SSSR count). The Bertz CT molecular complexity index is 1300. The molecule has 0 unspecified atom stereocenters.